The number of benzene rings is 1. The Hall–Kier alpha value is -3.93. The van der Waals surface area contributed by atoms with Gasteiger partial charge in [-0.1, -0.05) is 17.3 Å². The number of rotatable bonds is 4. The SMILES string of the molecule is O=C1CCC(N2C(=O)C3=C(C2=O)N(Cc2nc(-c4nc5ccccc5s4)no2)CCC3)C(=O)N1. The van der Waals surface area contributed by atoms with E-state index in [9.17, 15) is 19.2 Å². The number of piperidine rings is 1. The number of hydrogen-bond donors (Lipinski definition) is 1. The van der Waals surface area contributed by atoms with Gasteiger partial charge in [0.15, 0.2) is 5.01 Å². The highest BCUT2D eigenvalue weighted by Gasteiger charge is 2.48. The lowest BCUT2D eigenvalue weighted by Crippen LogP contribution is -2.55. The van der Waals surface area contributed by atoms with E-state index in [0.29, 0.717) is 41.7 Å². The molecule has 3 aliphatic heterocycles. The molecule has 3 aliphatic rings. The second-order valence-corrected chi connectivity index (χ2v) is 9.33. The molecule has 0 spiro atoms. The zero-order valence-corrected chi connectivity index (χ0v) is 18.6. The van der Waals surface area contributed by atoms with Crippen LogP contribution in [0.1, 0.15) is 31.6 Å². The topological polar surface area (TPSA) is 139 Å². The first-order valence-electron chi connectivity index (χ1n) is 10.9. The molecule has 34 heavy (non-hydrogen) atoms. The summed E-state index contributed by atoms with van der Waals surface area (Å²) >= 11 is 1.46. The molecular formula is C22H18N6O5S. The van der Waals surface area contributed by atoms with Crippen molar-refractivity contribution in [2.45, 2.75) is 38.3 Å². The van der Waals surface area contributed by atoms with Crippen LogP contribution in [0.15, 0.2) is 40.1 Å². The monoisotopic (exact) mass is 478 g/mol. The van der Waals surface area contributed by atoms with E-state index in [0.717, 1.165) is 15.1 Å². The third-order valence-corrected chi connectivity index (χ3v) is 7.19. The van der Waals surface area contributed by atoms with Crippen molar-refractivity contribution in [1.29, 1.82) is 0 Å². The highest BCUT2D eigenvalue weighted by molar-refractivity contribution is 7.21. The van der Waals surface area contributed by atoms with E-state index in [4.69, 9.17) is 4.52 Å². The average molecular weight is 478 g/mol. The molecule has 4 amide bonds. The number of fused-ring (bicyclic) bond motifs is 1. The standard InChI is InChI=1S/C22H18N6O5S/c29-15-8-7-13(19(30)24-15)28-21(31)11-4-3-9-27(17(11)22(28)32)10-16-25-18(26-33-16)20-23-12-5-1-2-6-14(12)34-20/h1-2,5-6,13H,3-4,7-10H2,(H,24,29,30). The smallest absolute Gasteiger partial charge is 0.278 e. The Balaban J connectivity index is 1.24. The van der Waals surface area contributed by atoms with Crippen LogP contribution in [0.25, 0.3) is 21.0 Å². The van der Waals surface area contributed by atoms with Gasteiger partial charge in [0.1, 0.15) is 11.7 Å². The van der Waals surface area contributed by atoms with Gasteiger partial charge in [-0.3, -0.25) is 29.4 Å². The molecular weight excluding hydrogens is 460 g/mol. The van der Waals surface area contributed by atoms with E-state index in [-0.39, 0.29) is 25.1 Å². The van der Waals surface area contributed by atoms with Crippen molar-refractivity contribution >= 4 is 45.2 Å². The first kappa shape index (κ1) is 20.7. The van der Waals surface area contributed by atoms with Crippen molar-refractivity contribution in [3.63, 3.8) is 0 Å². The molecule has 0 aliphatic carbocycles. The van der Waals surface area contributed by atoms with Crippen LogP contribution < -0.4 is 5.32 Å². The number of nitrogens with one attached hydrogen (secondary N) is 1. The van der Waals surface area contributed by atoms with Gasteiger partial charge in [0.05, 0.1) is 16.8 Å². The van der Waals surface area contributed by atoms with E-state index in [2.05, 4.69) is 20.4 Å². The van der Waals surface area contributed by atoms with Crippen molar-refractivity contribution in [1.82, 2.24) is 30.2 Å². The fourth-order valence-corrected chi connectivity index (χ4v) is 5.49. The van der Waals surface area contributed by atoms with Crippen molar-refractivity contribution in [3.8, 4) is 10.8 Å². The quantitative estimate of drug-likeness (QED) is 0.551. The molecule has 1 N–H and O–H groups in total. The molecule has 1 saturated heterocycles. The first-order chi connectivity index (χ1) is 16.5. The fraction of sp³-hybridized carbons (Fsp3) is 0.318. The van der Waals surface area contributed by atoms with Gasteiger partial charge in [-0.2, -0.15) is 4.98 Å². The summed E-state index contributed by atoms with van der Waals surface area (Å²) in [5.41, 5.74) is 1.50. The van der Waals surface area contributed by atoms with E-state index >= 15 is 0 Å². The number of amides is 4. The molecule has 1 fully saturated rings. The Morgan fingerprint density at radius 3 is 2.76 bits per heavy atom. The van der Waals surface area contributed by atoms with E-state index in [1.165, 1.54) is 11.3 Å². The summed E-state index contributed by atoms with van der Waals surface area (Å²) in [5, 5.41) is 6.89. The fourth-order valence-electron chi connectivity index (χ4n) is 4.60. The molecule has 0 radical (unpaired) electrons. The van der Waals surface area contributed by atoms with Gasteiger partial charge in [0.25, 0.3) is 11.8 Å². The van der Waals surface area contributed by atoms with E-state index < -0.39 is 29.7 Å². The van der Waals surface area contributed by atoms with Crippen molar-refractivity contribution < 1.29 is 23.7 Å². The molecule has 1 unspecified atom stereocenters. The molecule has 11 nitrogen and oxygen atoms in total. The Bertz CT molecular complexity index is 1370. The summed E-state index contributed by atoms with van der Waals surface area (Å²) in [5.74, 6) is -1.37. The highest BCUT2D eigenvalue weighted by Crippen LogP contribution is 2.35. The predicted molar refractivity (Wildman–Crippen MR) is 118 cm³/mol. The lowest BCUT2D eigenvalue weighted by Gasteiger charge is -2.29. The molecule has 1 aromatic carbocycles. The number of hydrogen-bond acceptors (Lipinski definition) is 10. The minimum atomic E-state index is -0.987. The molecule has 1 atom stereocenters. The molecule has 6 rings (SSSR count). The molecule has 172 valence electrons. The number of carbonyl (C=O) groups excluding carboxylic acids is 4. The van der Waals surface area contributed by atoms with Gasteiger partial charge in [-0.05, 0) is 31.4 Å². The minimum Gasteiger partial charge on any atom is -0.357 e. The lowest BCUT2D eigenvalue weighted by molar-refractivity contribution is -0.150. The zero-order chi connectivity index (χ0) is 23.4. The van der Waals surface area contributed by atoms with Gasteiger partial charge in [-0.15, -0.1) is 11.3 Å². The van der Waals surface area contributed by atoms with Crippen molar-refractivity contribution in [2.24, 2.45) is 0 Å². The lowest BCUT2D eigenvalue weighted by atomic mass is 10.0. The van der Waals surface area contributed by atoms with Crippen LogP contribution in [0.4, 0.5) is 0 Å². The Labute approximate surface area is 196 Å². The van der Waals surface area contributed by atoms with Crippen molar-refractivity contribution in [2.75, 3.05) is 6.54 Å². The first-order valence-corrected chi connectivity index (χ1v) is 11.7. The maximum absolute atomic E-state index is 13.3. The molecule has 0 bridgehead atoms. The number of carbonyl (C=O) groups is 4. The number of thiazole rings is 1. The van der Waals surface area contributed by atoms with Crippen LogP contribution in [-0.4, -0.2) is 61.1 Å². The molecule has 12 heteroatoms. The summed E-state index contributed by atoms with van der Waals surface area (Å²) in [7, 11) is 0. The Kier molecular flexibility index (Phi) is 4.76. The summed E-state index contributed by atoms with van der Waals surface area (Å²) in [6.07, 6.45) is 1.32. The Morgan fingerprint density at radius 2 is 1.94 bits per heavy atom. The number of para-hydroxylation sites is 1. The molecule has 0 saturated carbocycles. The van der Waals surface area contributed by atoms with Crippen molar-refractivity contribution in [3.05, 3.63) is 41.4 Å². The van der Waals surface area contributed by atoms with Gasteiger partial charge in [0, 0.05) is 18.5 Å². The Morgan fingerprint density at radius 1 is 1.09 bits per heavy atom. The third kappa shape index (κ3) is 3.29. The molecule has 5 heterocycles. The van der Waals surface area contributed by atoms with Crippen LogP contribution in [-0.2, 0) is 25.7 Å². The normalized spacial score (nSPS) is 21.0. The van der Waals surface area contributed by atoms with Gasteiger partial charge in [0.2, 0.25) is 23.5 Å². The van der Waals surface area contributed by atoms with Crippen LogP contribution in [0.3, 0.4) is 0 Å². The minimum absolute atomic E-state index is 0.0817. The van der Waals surface area contributed by atoms with Crippen LogP contribution >= 0.6 is 11.3 Å². The third-order valence-electron chi connectivity index (χ3n) is 6.16. The molecule has 3 aromatic rings. The second-order valence-electron chi connectivity index (χ2n) is 8.30. The number of nitrogens with zero attached hydrogens (tertiary/aromatic N) is 5. The average Bonchev–Trinajstić information content (AvgIpc) is 3.52. The predicted octanol–water partition coefficient (Wildman–Crippen LogP) is 1.37. The number of aromatic nitrogens is 3. The zero-order valence-electron chi connectivity index (χ0n) is 17.8. The van der Waals surface area contributed by atoms with Gasteiger partial charge < -0.3 is 9.42 Å². The second kappa shape index (κ2) is 7.83. The maximum Gasteiger partial charge on any atom is 0.278 e. The van der Waals surface area contributed by atoms with Crippen LogP contribution in [0.2, 0.25) is 0 Å². The largest absolute Gasteiger partial charge is 0.357 e. The summed E-state index contributed by atoms with van der Waals surface area (Å²) in [4.78, 5) is 61.9. The van der Waals surface area contributed by atoms with E-state index in [1.54, 1.807) is 4.90 Å². The number of imide groups is 2. The molecule has 2 aromatic heterocycles. The summed E-state index contributed by atoms with van der Waals surface area (Å²) in [6.45, 7) is 0.679. The van der Waals surface area contributed by atoms with E-state index in [1.807, 2.05) is 24.3 Å². The van der Waals surface area contributed by atoms with Crippen LogP contribution in [0, 0.1) is 0 Å². The maximum atomic E-state index is 13.3. The van der Waals surface area contributed by atoms with Gasteiger partial charge in [-0.25, -0.2) is 4.98 Å². The van der Waals surface area contributed by atoms with Crippen LogP contribution in [0.5, 0.6) is 0 Å². The highest BCUT2D eigenvalue weighted by atomic mass is 32.1. The summed E-state index contributed by atoms with van der Waals surface area (Å²) < 4.78 is 6.44. The van der Waals surface area contributed by atoms with Gasteiger partial charge >= 0.3 is 0 Å². The summed E-state index contributed by atoms with van der Waals surface area (Å²) in [6, 6.07) is 6.74.